The quantitative estimate of drug-likeness (QED) is 0.585. The average Bonchev–Trinajstić information content (AvgIpc) is 3.47. The number of methoxy groups -OCH3 is 1. The molecule has 2 aromatic heterocycles. The Hall–Kier alpha value is -3.22. The molecular weight excluding hydrogens is 406 g/mol. The first-order valence-corrected chi connectivity index (χ1v) is 11.2. The molecule has 1 fully saturated rings. The van der Waals surface area contributed by atoms with Crippen LogP contribution in [0.5, 0.6) is 5.75 Å². The summed E-state index contributed by atoms with van der Waals surface area (Å²) >= 11 is 0. The van der Waals surface area contributed by atoms with E-state index in [9.17, 15) is 9.59 Å². The molecule has 4 rings (SSSR count). The van der Waals surface area contributed by atoms with Crippen molar-refractivity contribution in [1.82, 2.24) is 15.2 Å². The van der Waals surface area contributed by atoms with Crippen LogP contribution >= 0.6 is 0 Å². The first-order chi connectivity index (χ1) is 15.4. The number of carbonyl (C=O) groups is 2. The Bertz CT molecular complexity index is 1060. The molecule has 1 aliphatic rings. The van der Waals surface area contributed by atoms with Crippen molar-refractivity contribution in [2.75, 3.05) is 20.2 Å². The molecular formula is C25H31N3O4. The van der Waals surface area contributed by atoms with Gasteiger partial charge in [0, 0.05) is 48.4 Å². The van der Waals surface area contributed by atoms with Gasteiger partial charge in [-0.05, 0) is 56.0 Å². The first-order valence-electron chi connectivity index (χ1n) is 11.2. The normalized spacial score (nSPS) is 16.7. The monoisotopic (exact) mass is 437 g/mol. The molecule has 2 N–H and O–H groups in total. The zero-order chi connectivity index (χ0) is 22.7. The summed E-state index contributed by atoms with van der Waals surface area (Å²) in [7, 11) is 1.63. The predicted molar refractivity (Wildman–Crippen MR) is 123 cm³/mol. The van der Waals surface area contributed by atoms with E-state index in [4.69, 9.17) is 9.15 Å². The molecule has 1 aromatic carbocycles. The molecule has 3 aromatic rings. The maximum atomic E-state index is 13.0. The second kappa shape index (κ2) is 9.51. The Morgan fingerprint density at radius 1 is 1.22 bits per heavy atom. The number of furan rings is 1. The van der Waals surface area contributed by atoms with Crippen molar-refractivity contribution in [2.45, 2.75) is 39.2 Å². The topological polar surface area (TPSA) is 87.6 Å². The number of piperidine rings is 1. The number of nitrogens with one attached hydrogen (secondary N) is 2. The van der Waals surface area contributed by atoms with E-state index in [0.29, 0.717) is 25.2 Å². The third-order valence-corrected chi connectivity index (χ3v) is 6.48. The minimum absolute atomic E-state index is 0.00258. The Morgan fingerprint density at radius 3 is 2.69 bits per heavy atom. The fraction of sp³-hybridized carbons (Fsp3) is 0.440. The number of H-pyrrole nitrogens is 1. The van der Waals surface area contributed by atoms with E-state index < -0.39 is 0 Å². The Balaban J connectivity index is 1.30. The summed E-state index contributed by atoms with van der Waals surface area (Å²) in [5.41, 5.74) is 1.47. The van der Waals surface area contributed by atoms with Crippen molar-refractivity contribution < 1.29 is 18.7 Å². The highest BCUT2D eigenvalue weighted by Gasteiger charge is 2.31. The molecule has 0 bridgehead atoms. The van der Waals surface area contributed by atoms with Gasteiger partial charge in [-0.2, -0.15) is 0 Å². The number of likely N-dealkylation sites (tertiary alicyclic amines) is 1. The van der Waals surface area contributed by atoms with Gasteiger partial charge in [-0.25, -0.2) is 0 Å². The lowest BCUT2D eigenvalue weighted by atomic mass is 9.84. The molecule has 7 heteroatoms. The van der Waals surface area contributed by atoms with E-state index in [1.807, 2.05) is 55.1 Å². The molecule has 0 spiro atoms. The SMILES string of the molecule is COc1ccc2cc(C(=O)N3CCC([C@H](C)C(=O)N[C@@H](C)Cc4ccco4)CC3)[nH]c2c1. The summed E-state index contributed by atoms with van der Waals surface area (Å²) in [4.78, 5) is 30.8. The second-order valence-electron chi connectivity index (χ2n) is 8.75. The van der Waals surface area contributed by atoms with Crippen molar-refractivity contribution in [3.63, 3.8) is 0 Å². The summed E-state index contributed by atoms with van der Waals surface area (Å²) in [6.07, 6.45) is 3.96. The predicted octanol–water partition coefficient (Wildman–Crippen LogP) is 4.01. The van der Waals surface area contributed by atoms with Gasteiger partial charge in [0.1, 0.15) is 17.2 Å². The standard InChI is InChI=1S/C25H31N3O4/c1-16(13-21-5-4-12-32-21)26-24(29)17(2)18-8-10-28(11-9-18)25(30)23-14-19-6-7-20(31-3)15-22(19)27-23/h4-7,12,14-18,27H,8-11,13H2,1-3H3,(H,26,29)/t16-,17-/m0/s1. The molecule has 2 amide bonds. The van der Waals surface area contributed by atoms with Crippen molar-refractivity contribution in [1.29, 1.82) is 0 Å². The molecule has 32 heavy (non-hydrogen) atoms. The van der Waals surface area contributed by atoms with Crippen LogP contribution in [0.4, 0.5) is 0 Å². The van der Waals surface area contributed by atoms with E-state index in [1.165, 1.54) is 0 Å². The van der Waals surface area contributed by atoms with Gasteiger partial charge in [0.15, 0.2) is 0 Å². The number of rotatable bonds is 7. The molecule has 3 heterocycles. The minimum atomic E-state index is -0.0909. The van der Waals surface area contributed by atoms with Gasteiger partial charge in [0.05, 0.1) is 13.4 Å². The van der Waals surface area contributed by atoms with Gasteiger partial charge >= 0.3 is 0 Å². The van der Waals surface area contributed by atoms with Gasteiger partial charge in [-0.3, -0.25) is 9.59 Å². The largest absolute Gasteiger partial charge is 0.497 e. The van der Waals surface area contributed by atoms with Crippen molar-refractivity contribution >= 4 is 22.7 Å². The number of hydrogen-bond acceptors (Lipinski definition) is 4. The highest BCUT2D eigenvalue weighted by molar-refractivity contribution is 5.98. The number of benzene rings is 1. The van der Waals surface area contributed by atoms with Crippen molar-refractivity contribution in [2.24, 2.45) is 11.8 Å². The zero-order valence-electron chi connectivity index (χ0n) is 18.9. The molecule has 1 aliphatic heterocycles. The van der Waals surface area contributed by atoms with Crippen LogP contribution in [0.2, 0.25) is 0 Å². The van der Waals surface area contributed by atoms with Crippen LogP contribution in [0.3, 0.4) is 0 Å². The van der Waals surface area contributed by atoms with E-state index in [1.54, 1.807) is 13.4 Å². The van der Waals surface area contributed by atoms with Crippen molar-refractivity contribution in [3.8, 4) is 5.75 Å². The minimum Gasteiger partial charge on any atom is -0.497 e. The number of carbonyl (C=O) groups excluding carboxylic acids is 2. The number of fused-ring (bicyclic) bond motifs is 1. The lowest BCUT2D eigenvalue weighted by Crippen LogP contribution is -2.44. The fourth-order valence-electron chi connectivity index (χ4n) is 4.49. The first kappa shape index (κ1) is 22.0. The third-order valence-electron chi connectivity index (χ3n) is 6.48. The number of amides is 2. The highest BCUT2D eigenvalue weighted by atomic mass is 16.5. The Morgan fingerprint density at radius 2 is 2.00 bits per heavy atom. The lowest BCUT2D eigenvalue weighted by molar-refractivity contribution is -0.127. The van der Waals surface area contributed by atoms with Crippen LogP contribution in [-0.4, -0.2) is 47.9 Å². The Labute approximate surface area is 188 Å². The number of aromatic amines is 1. The summed E-state index contributed by atoms with van der Waals surface area (Å²) in [5.74, 6) is 1.87. The van der Waals surface area contributed by atoms with Crippen LogP contribution in [0.15, 0.2) is 47.1 Å². The van der Waals surface area contributed by atoms with Gasteiger partial charge < -0.3 is 24.4 Å². The van der Waals surface area contributed by atoms with E-state index >= 15 is 0 Å². The molecule has 0 aliphatic carbocycles. The van der Waals surface area contributed by atoms with Gasteiger partial charge in [-0.15, -0.1) is 0 Å². The van der Waals surface area contributed by atoms with Crippen LogP contribution in [0.1, 0.15) is 42.9 Å². The average molecular weight is 438 g/mol. The summed E-state index contributed by atoms with van der Waals surface area (Å²) < 4.78 is 10.6. The highest BCUT2D eigenvalue weighted by Crippen LogP contribution is 2.27. The Kier molecular flexibility index (Phi) is 6.53. The van der Waals surface area contributed by atoms with E-state index in [2.05, 4.69) is 10.3 Å². The molecule has 0 unspecified atom stereocenters. The number of ether oxygens (including phenoxy) is 1. The number of nitrogens with zero attached hydrogens (tertiary/aromatic N) is 1. The maximum absolute atomic E-state index is 13.0. The molecule has 7 nitrogen and oxygen atoms in total. The summed E-state index contributed by atoms with van der Waals surface area (Å²) in [5, 5.41) is 4.09. The van der Waals surface area contributed by atoms with E-state index in [0.717, 1.165) is 35.3 Å². The number of aromatic nitrogens is 1. The van der Waals surface area contributed by atoms with E-state index in [-0.39, 0.29) is 29.7 Å². The fourth-order valence-corrected chi connectivity index (χ4v) is 4.49. The molecule has 0 saturated carbocycles. The smallest absolute Gasteiger partial charge is 0.270 e. The molecule has 2 atom stereocenters. The van der Waals surface area contributed by atoms with Crippen LogP contribution in [-0.2, 0) is 11.2 Å². The molecule has 1 saturated heterocycles. The zero-order valence-corrected chi connectivity index (χ0v) is 18.9. The van der Waals surface area contributed by atoms with Gasteiger partial charge in [0.25, 0.3) is 5.91 Å². The lowest BCUT2D eigenvalue weighted by Gasteiger charge is -2.34. The molecule has 0 radical (unpaired) electrons. The maximum Gasteiger partial charge on any atom is 0.270 e. The van der Waals surface area contributed by atoms with Crippen LogP contribution in [0, 0.1) is 11.8 Å². The van der Waals surface area contributed by atoms with Crippen LogP contribution < -0.4 is 10.1 Å². The van der Waals surface area contributed by atoms with Gasteiger partial charge in [0.2, 0.25) is 5.91 Å². The molecule has 170 valence electrons. The number of hydrogen-bond donors (Lipinski definition) is 2. The van der Waals surface area contributed by atoms with Crippen molar-refractivity contribution in [3.05, 3.63) is 54.1 Å². The second-order valence-corrected chi connectivity index (χ2v) is 8.75. The third kappa shape index (κ3) is 4.82. The van der Waals surface area contributed by atoms with Gasteiger partial charge in [-0.1, -0.05) is 6.92 Å². The van der Waals surface area contributed by atoms with Crippen LogP contribution in [0.25, 0.3) is 10.9 Å². The summed E-state index contributed by atoms with van der Waals surface area (Å²) in [6, 6.07) is 11.4. The summed E-state index contributed by atoms with van der Waals surface area (Å²) in [6.45, 7) is 5.29.